The Hall–Kier alpha value is -1.03. The summed E-state index contributed by atoms with van der Waals surface area (Å²) in [5.74, 6) is 0. The highest BCUT2D eigenvalue weighted by Gasteiger charge is 2.11. The molecule has 19 heavy (non-hydrogen) atoms. The predicted octanol–water partition coefficient (Wildman–Crippen LogP) is 4.56. The first-order chi connectivity index (χ1) is 9.10. The molecule has 1 unspecified atom stereocenters. The summed E-state index contributed by atoms with van der Waals surface area (Å²) in [7, 11) is 0. The molecule has 2 rings (SSSR count). The van der Waals surface area contributed by atoms with Gasteiger partial charge in [0.15, 0.2) is 0 Å². The Morgan fingerprint density at radius 1 is 1.21 bits per heavy atom. The van der Waals surface area contributed by atoms with Gasteiger partial charge in [-0.25, -0.2) is 0 Å². The first kappa shape index (κ1) is 14.4. The molecule has 2 nitrogen and oxygen atoms in total. The van der Waals surface area contributed by atoms with Crippen LogP contribution in [0.1, 0.15) is 17.2 Å². The molecule has 1 atom stereocenters. The Morgan fingerprint density at radius 3 is 2.47 bits per heavy atom. The Labute approximate surface area is 126 Å². The summed E-state index contributed by atoms with van der Waals surface area (Å²) in [6, 6.07) is 13.4. The van der Waals surface area contributed by atoms with Crippen molar-refractivity contribution >= 4 is 33.2 Å². The molecular weight excluding hydrogens is 326 g/mol. The van der Waals surface area contributed by atoms with Crippen LogP contribution in [0, 0.1) is 6.92 Å². The summed E-state index contributed by atoms with van der Waals surface area (Å²) in [4.78, 5) is 0. The van der Waals surface area contributed by atoms with Crippen molar-refractivity contribution in [3.8, 4) is 0 Å². The van der Waals surface area contributed by atoms with Crippen LogP contribution in [0.2, 0.25) is 5.02 Å². The number of hydrogen-bond donors (Lipinski definition) is 2. The van der Waals surface area contributed by atoms with Crippen molar-refractivity contribution < 1.29 is 5.11 Å². The molecule has 0 heterocycles. The predicted molar refractivity (Wildman–Crippen MR) is 83.8 cm³/mol. The zero-order valence-electron chi connectivity index (χ0n) is 10.5. The van der Waals surface area contributed by atoms with E-state index in [1.807, 2.05) is 43.3 Å². The van der Waals surface area contributed by atoms with Gasteiger partial charge in [0.25, 0.3) is 0 Å². The van der Waals surface area contributed by atoms with E-state index in [-0.39, 0.29) is 12.6 Å². The summed E-state index contributed by atoms with van der Waals surface area (Å²) in [6.07, 6.45) is 0. The van der Waals surface area contributed by atoms with Gasteiger partial charge in [-0.3, -0.25) is 0 Å². The summed E-state index contributed by atoms with van der Waals surface area (Å²) in [5, 5.41) is 13.5. The number of aliphatic hydroxyl groups is 1. The van der Waals surface area contributed by atoms with Gasteiger partial charge in [0.2, 0.25) is 0 Å². The molecule has 4 heteroatoms. The monoisotopic (exact) mass is 339 g/mol. The molecule has 0 aliphatic heterocycles. The van der Waals surface area contributed by atoms with E-state index in [2.05, 4.69) is 27.3 Å². The SMILES string of the molecule is Cc1cc(C(CO)Nc2ccc(Cl)cc2)ccc1Br. The lowest BCUT2D eigenvalue weighted by atomic mass is 10.0. The second-order valence-electron chi connectivity index (χ2n) is 4.40. The maximum atomic E-state index is 9.56. The third-order valence-electron chi connectivity index (χ3n) is 2.95. The van der Waals surface area contributed by atoms with Crippen molar-refractivity contribution in [3.63, 3.8) is 0 Å². The van der Waals surface area contributed by atoms with Crippen LogP contribution in [0.4, 0.5) is 5.69 Å². The number of aliphatic hydroxyl groups excluding tert-OH is 1. The average molecular weight is 341 g/mol. The largest absolute Gasteiger partial charge is 0.394 e. The second-order valence-corrected chi connectivity index (χ2v) is 5.69. The molecule has 0 radical (unpaired) electrons. The van der Waals surface area contributed by atoms with Crippen LogP contribution >= 0.6 is 27.5 Å². The Kier molecular flexibility index (Phi) is 4.86. The summed E-state index contributed by atoms with van der Waals surface area (Å²) < 4.78 is 1.07. The molecule has 2 N–H and O–H groups in total. The summed E-state index contributed by atoms with van der Waals surface area (Å²) >= 11 is 9.33. The van der Waals surface area contributed by atoms with Gasteiger partial charge in [-0.1, -0.05) is 39.7 Å². The van der Waals surface area contributed by atoms with Crippen LogP contribution in [0.5, 0.6) is 0 Å². The second kappa shape index (κ2) is 6.42. The maximum Gasteiger partial charge on any atom is 0.0745 e. The van der Waals surface area contributed by atoms with Crippen LogP contribution in [-0.2, 0) is 0 Å². The number of aryl methyl sites for hydroxylation is 1. The number of benzene rings is 2. The van der Waals surface area contributed by atoms with Crippen molar-refractivity contribution in [2.24, 2.45) is 0 Å². The lowest BCUT2D eigenvalue weighted by Crippen LogP contribution is -2.14. The minimum Gasteiger partial charge on any atom is -0.394 e. The third kappa shape index (κ3) is 3.72. The fourth-order valence-electron chi connectivity index (χ4n) is 1.87. The van der Waals surface area contributed by atoms with E-state index in [4.69, 9.17) is 11.6 Å². The Bertz CT molecular complexity index is 557. The fourth-order valence-corrected chi connectivity index (χ4v) is 2.24. The Balaban J connectivity index is 2.19. The standard InChI is InChI=1S/C15H15BrClNO/c1-10-8-11(2-7-14(10)16)15(9-19)18-13-5-3-12(17)4-6-13/h2-8,15,18-19H,9H2,1H3. The van der Waals surface area contributed by atoms with E-state index < -0.39 is 0 Å². The van der Waals surface area contributed by atoms with Crippen molar-refractivity contribution in [1.29, 1.82) is 0 Å². The lowest BCUT2D eigenvalue weighted by molar-refractivity contribution is 0.276. The highest BCUT2D eigenvalue weighted by molar-refractivity contribution is 9.10. The van der Waals surface area contributed by atoms with Crippen LogP contribution in [0.25, 0.3) is 0 Å². The maximum absolute atomic E-state index is 9.56. The summed E-state index contributed by atoms with van der Waals surface area (Å²) in [6.45, 7) is 2.06. The lowest BCUT2D eigenvalue weighted by Gasteiger charge is -2.19. The van der Waals surface area contributed by atoms with E-state index in [0.717, 1.165) is 21.3 Å². The molecule has 0 fully saturated rings. The van der Waals surface area contributed by atoms with Gasteiger partial charge in [0.05, 0.1) is 12.6 Å². The minimum absolute atomic E-state index is 0.0314. The van der Waals surface area contributed by atoms with Gasteiger partial charge in [0.1, 0.15) is 0 Å². The van der Waals surface area contributed by atoms with Gasteiger partial charge in [-0.15, -0.1) is 0 Å². The molecule has 2 aromatic carbocycles. The number of nitrogens with one attached hydrogen (secondary N) is 1. The van der Waals surface area contributed by atoms with Gasteiger partial charge in [0, 0.05) is 15.2 Å². The minimum atomic E-state index is -0.132. The zero-order valence-corrected chi connectivity index (χ0v) is 12.9. The third-order valence-corrected chi connectivity index (χ3v) is 4.09. The van der Waals surface area contributed by atoms with Crippen molar-refractivity contribution in [2.45, 2.75) is 13.0 Å². The number of rotatable bonds is 4. The number of hydrogen-bond acceptors (Lipinski definition) is 2. The molecule has 2 aromatic rings. The normalized spacial score (nSPS) is 12.2. The number of halogens is 2. The highest BCUT2D eigenvalue weighted by Crippen LogP contribution is 2.24. The summed E-state index contributed by atoms with van der Waals surface area (Å²) in [5.41, 5.74) is 3.14. The van der Waals surface area contributed by atoms with Gasteiger partial charge in [-0.2, -0.15) is 0 Å². The van der Waals surface area contributed by atoms with E-state index in [1.165, 1.54) is 0 Å². The molecule has 100 valence electrons. The topological polar surface area (TPSA) is 32.3 Å². The van der Waals surface area contributed by atoms with Gasteiger partial charge < -0.3 is 10.4 Å². The molecule has 0 spiro atoms. The first-order valence-electron chi connectivity index (χ1n) is 5.99. The molecule has 0 aliphatic rings. The van der Waals surface area contributed by atoms with Crippen LogP contribution in [0.15, 0.2) is 46.9 Å². The molecule has 0 bridgehead atoms. The molecule has 0 amide bonds. The van der Waals surface area contributed by atoms with Crippen LogP contribution < -0.4 is 5.32 Å². The van der Waals surface area contributed by atoms with Gasteiger partial charge >= 0.3 is 0 Å². The van der Waals surface area contributed by atoms with E-state index in [0.29, 0.717) is 5.02 Å². The van der Waals surface area contributed by atoms with E-state index in [1.54, 1.807) is 0 Å². The molecule has 0 saturated carbocycles. The molecule has 0 aliphatic carbocycles. The van der Waals surface area contributed by atoms with Gasteiger partial charge in [-0.05, 0) is 48.4 Å². The molecule has 0 saturated heterocycles. The fraction of sp³-hybridized carbons (Fsp3) is 0.200. The van der Waals surface area contributed by atoms with E-state index in [9.17, 15) is 5.11 Å². The van der Waals surface area contributed by atoms with Crippen molar-refractivity contribution in [1.82, 2.24) is 0 Å². The number of anilines is 1. The quantitative estimate of drug-likeness (QED) is 0.855. The molecule has 0 aromatic heterocycles. The molecular formula is C15H15BrClNO. The highest BCUT2D eigenvalue weighted by atomic mass is 79.9. The first-order valence-corrected chi connectivity index (χ1v) is 7.16. The van der Waals surface area contributed by atoms with Crippen LogP contribution in [-0.4, -0.2) is 11.7 Å². The van der Waals surface area contributed by atoms with Crippen molar-refractivity contribution in [3.05, 3.63) is 63.1 Å². The zero-order chi connectivity index (χ0) is 13.8. The average Bonchev–Trinajstić information content (AvgIpc) is 2.41. The van der Waals surface area contributed by atoms with E-state index >= 15 is 0 Å². The van der Waals surface area contributed by atoms with Crippen molar-refractivity contribution in [2.75, 3.05) is 11.9 Å². The smallest absolute Gasteiger partial charge is 0.0745 e. The Morgan fingerprint density at radius 2 is 1.89 bits per heavy atom. The van der Waals surface area contributed by atoms with Crippen LogP contribution in [0.3, 0.4) is 0 Å².